The Balaban J connectivity index is 1.43. The molecule has 10 heteroatoms. The van der Waals surface area contributed by atoms with Crippen molar-refractivity contribution in [3.63, 3.8) is 0 Å². The van der Waals surface area contributed by atoms with Crippen LogP contribution >= 0.6 is 11.6 Å². The third-order valence-electron chi connectivity index (χ3n) is 7.45. The number of rotatable bonds is 7. The average Bonchev–Trinajstić information content (AvgIpc) is 3.65. The van der Waals surface area contributed by atoms with E-state index in [0.717, 1.165) is 30.3 Å². The van der Waals surface area contributed by atoms with Crippen molar-refractivity contribution in [2.45, 2.75) is 51.2 Å². The number of nitrogens with zero attached hydrogens (tertiary/aromatic N) is 3. The average molecular weight is 549 g/mol. The van der Waals surface area contributed by atoms with Crippen LogP contribution in [-0.4, -0.2) is 40.3 Å². The number of aromatic nitrogens is 2. The molecule has 0 amide bonds. The van der Waals surface area contributed by atoms with Gasteiger partial charge in [0.1, 0.15) is 0 Å². The summed E-state index contributed by atoms with van der Waals surface area (Å²) in [6, 6.07) is 5.35. The van der Waals surface area contributed by atoms with Crippen LogP contribution < -0.4 is 21.6 Å². The molecule has 0 radical (unpaired) electrons. The quantitative estimate of drug-likeness (QED) is 0.239. The molecule has 2 fully saturated rings. The summed E-state index contributed by atoms with van der Waals surface area (Å²) in [5, 5.41) is 10.1. The van der Waals surface area contributed by atoms with Crippen molar-refractivity contribution in [1.29, 1.82) is 0 Å². The summed E-state index contributed by atoms with van der Waals surface area (Å²) in [6.07, 6.45) is 13.7. The molecule has 3 aromatic rings. The van der Waals surface area contributed by atoms with Crippen LogP contribution in [0.15, 0.2) is 48.6 Å². The van der Waals surface area contributed by atoms with E-state index in [1.807, 2.05) is 17.3 Å². The molecule has 1 saturated carbocycles. The smallest absolute Gasteiger partial charge is 0.212 e. The molecule has 4 heterocycles. The van der Waals surface area contributed by atoms with Crippen LogP contribution in [0, 0.1) is 23.7 Å². The van der Waals surface area contributed by atoms with Gasteiger partial charge in [-0.3, -0.25) is 9.99 Å². The Labute approximate surface area is 233 Å². The largest absolute Gasteiger partial charge is 0.381 e. The Morgan fingerprint density at radius 1 is 1.28 bits per heavy atom. The molecule has 2 aromatic heterocycles. The monoisotopic (exact) mass is 548 g/mol. The van der Waals surface area contributed by atoms with Crippen LogP contribution in [0.5, 0.6) is 0 Å². The third kappa shape index (κ3) is 5.20. The highest BCUT2D eigenvalue weighted by Gasteiger charge is 2.34. The highest BCUT2D eigenvalue weighted by Crippen LogP contribution is 2.38. The number of ether oxygens (including phenoxy) is 1. The zero-order chi connectivity index (χ0) is 28.1. The highest BCUT2D eigenvalue weighted by molar-refractivity contribution is 6.35. The zero-order valence-electron chi connectivity index (χ0n) is 22.8. The molecule has 1 aromatic carbocycles. The second-order valence-corrected chi connectivity index (χ2v) is 11.3. The fourth-order valence-corrected chi connectivity index (χ4v) is 5.30. The number of hydrogen-bond acceptors (Lipinski definition) is 8. The summed E-state index contributed by atoms with van der Waals surface area (Å²) >= 11 is 6.78. The van der Waals surface area contributed by atoms with Gasteiger partial charge in [0.05, 0.1) is 41.5 Å². The van der Waals surface area contributed by atoms with Crippen molar-refractivity contribution in [2.75, 3.05) is 23.8 Å². The summed E-state index contributed by atoms with van der Waals surface area (Å²) in [4.78, 5) is 8.37. The van der Waals surface area contributed by atoms with E-state index in [2.05, 4.69) is 51.3 Å². The lowest BCUT2D eigenvalue weighted by Crippen LogP contribution is -2.44. The van der Waals surface area contributed by atoms with Crippen LogP contribution in [-0.2, 0) is 4.74 Å². The lowest BCUT2D eigenvalue weighted by molar-refractivity contribution is 0.00350. The Morgan fingerprint density at radius 3 is 2.85 bits per heavy atom. The van der Waals surface area contributed by atoms with E-state index < -0.39 is 12.0 Å². The standard InChI is InChI=1S/C29H31ClFN7O/c1-4-17-13-33-28-21(26(17)35-24-9-10-39-16-29(24,2)3)11-19(12-22(28)30)34-27(18-5-8-25(31)32-14-18)23-15-38(37-36-23)20-6-7-20/h1,5,8,11-15,20,24,27,34,36-37H,6-7,9-10,16H2,2-3H3,(H,33,35)/t24?,27-/m1/s1/i27D. The minimum Gasteiger partial charge on any atom is -0.381 e. The van der Waals surface area contributed by atoms with Crippen LogP contribution in [0.1, 0.15) is 51.6 Å². The van der Waals surface area contributed by atoms with Gasteiger partial charge in [-0.15, -0.1) is 12.0 Å². The maximum Gasteiger partial charge on any atom is 0.212 e. The second-order valence-electron chi connectivity index (χ2n) is 10.9. The molecule has 0 bridgehead atoms. The molecule has 1 saturated heterocycles. The van der Waals surface area contributed by atoms with Crippen LogP contribution in [0.25, 0.3) is 10.9 Å². The number of benzene rings is 1. The molecule has 39 heavy (non-hydrogen) atoms. The van der Waals surface area contributed by atoms with E-state index in [-0.39, 0.29) is 11.5 Å². The van der Waals surface area contributed by atoms with E-state index in [1.54, 1.807) is 18.3 Å². The predicted octanol–water partition coefficient (Wildman–Crippen LogP) is 5.11. The SMILES string of the molecule is [2H][C@](Nc1cc(Cl)c2ncc(C#C)c(NC3CCOCC3(C)C)c2c1)(C1=CN(C2CC2)NN1)c1ccc(F)nc1. The molecule has 2 atom stereocenters. The summed E-state index contributed by atoms with van der Waals surface area (Å²) in [5.74, 6) is 2.14. The summed E-state index contributed by atoms with van der Waals surface area (Å²) < 4.78 is 29.1. The highest BCUT2D eigenvalue weighted by atomic mass is 35.5. The molecule has 0 spiro atoms. The molecule has 4 N–H and O–H groups in total. The van der Waals surface area contributed by atoms with Crippen molar-refractivity contribution < 1.29 is 10.5 Å². The number of halogens is 2. The van der Waals surface area contributed by atoms with E-state index in [1.165, 1.54) is 12.3 Å². The number of hydrazine groups is 2. The first-order valence-corrected chi connectivity index (χ1v) is 13.4. The third-order valence-corrected chi connectivity index (χ3v) is 7.74. The minimum atomic E-state index is -1.55. The fraction of sp³-hybridized carbons (Fsp3) is 0.379. The van der Waals surface area contributed by atoms with Gasteiger partial charge >= 0.3 is 0 Å². The maximum absolute atomic E-state index is 13.7. The Bertz CT molecular complexity index is 1520. The number of terminal acetylenes is 1. The van der Waals surface area contributed by atoms with E-state index >= 15 is 0 Å². The molecule has 202 valence electrons. The van der Waals surface area contributed by atoms with Crippen molar-refractivity contribution in [2.24, 2.45) is 5.41 Å². The van der Waals surface area contributed by atoms with Gasteiger partial charge in [0.25, 0.3) is 0 Å². The van der Waals surface area contributed by atoms with Crippen molar-refractivity contribution >= 4 is 33.9 Å². The van der Waals surface area contributed by atoms with Crippen molar-refractivity contribution in [1.82, 2.24) is 25.9 Å². The molecule has 1 aliphatic carbocycles. The molecule has 6 rings (SSSR count). The minimum absolute atomic E-state index is 0.113. The van der Waals surface area contributed by atoms with Crippen LogP contribution in [0.2, 0.25) is 5.02 Å². The lowest BCUT2D eigenvalue weighted by atomic mass is 9.81. The topological polar surface area (TPSA) is 86.4 Å². The maximum atomic E-state index is 13.7. The zero-order valence-corrected chi connectivity index (χ0v) is 22.6. The first-order chi connectivity index (χ1) is 19.2. The summed E-state index contributed by atoms with van der Waals surface area (Å²) in [7, 11) is 0. The molecular formula is C29H31ClFN7O. The first kappa shape index (κ1) is 24.5. The number of nitrogens with one attached hydrogen (secondary N) is 4. The van der Waals surface area contributed by atoms with Gasteiger partial charge in [-0.25, -0.2) is 4.98 Å². The molecule has 3 aliphatic rings. The number of anilines is 2. The van der Waals surface area contributed by atoms with Gasteiger partial charge in [-0.1, -0.05) is 37.4 Å². The van der Waals surface area contributed by atoms with Crippen molar-refractivity contribution in [3.05, 3.63) is 70.7 Å². The fourth-order valence-electron chi connectivity index (χ4n) is 5.03. The van der Waals surface area contributed by atoms with Crippen LogP contribution in [0.3, 0.4) is 0 Å². The predicted molar refractivity (Wildman–Crippen MR) is 151 cm³/mol. The van der Waals surface area contributed by atoms with E-state index in [9.17, 15) is 5.76 Å². The van der Waals surface area contributed by atoms with Crippen molar-refractivity contribution in [3.8, 4) is 12.3 Å². The normalized spacial score (nSPS) is 22.3. The van der Waals surface area contributed by atoms with E-state index in [4.69, 9.17) is 22.8 Å². The number of hydrogen-bond donors (Lipinski definition) is 4. The Kier molecular flexibility index (Phi) is 6.39. The Hall–Kier alpha value is -3.58. The number of pyridine rings is 2. The van der Waals surface area contributed by atoms with Gasteiger partial charge in [0.2, 0.25) is 5.95 Å². The molecule has 2 aliphatic heterocycles. The van der Waals surface area contributed by atoms with Gasteiger partial charge in [0.15, 0.2) is 0 Å². The van der Waals surface area contributed by atoms with Gasteiger partial charge < -0.3 is 20.8 Å². The molecule has 8 nitrogen and oxygen atoms in total. The summed E-state index contributed by atoms with van der Waals surface area (Å²) in [6.45, 7) is 5.61. The number of fused-ring (bicyclic) bond motifs is 1. The van der Waals surface area contributed by atoms with E-state index in [0.29, 0.717) is 52.3 Å². The van der Waals surface area contributed by atoms with Gasteiger partial charge in [-0.2, -0.15) is 4.39 Å². The van der Waals surface area contributed by atoms with Gasteiger partial charge in [0, 0.05) is 53.8 Å². The van der Waals surface area contributed by atoms with Crippen LogP contribution in [0.4, 0.5) is 15.8 Å². The second kappa shape index (κ2) is 10.2. The molecular weight excluding hydrogens is 517 g/mol. The Morgan fingerprint density at radius 2 is 2.13 bits per heavy atom. The molecule has 1 unspecified atom stereocenters. The first-order valence-electron chi connectivity index (χ1n) is 13.5. The lowest BCUT2D eigenvalue weighted by Gasteiger charge is -2.39. The summed E-state index contributed by atoms with van der Waals surface area (Å²) in [5.41, 5.74) is 9.63. The van der Waals surface area contributed by atoms with Gasteiger partial charge in [-0.05, 0) is 43.0 Å².